The van der Waals surface area contributed by atoms with Gasteiger partial charge in [-0.2, -0.15) is 0 Å². The Bertz CT molecular complexity index is 789. The Kier molecular flexibility index (Phi) is 8.89. The van der Waals surface area contributed by atoms with E-state index in [1.807, 2.05) is 62.4 Å². The molecule has 2 amide bonds. The largest absolute Gasteiger partial charge is 0.494 e. The monoisotopic (exact) mass is 440 g/mol. The Labute approximate surface area is 189 Å². The van der Waals surface area contributed by atoms with Gasteiger partial charge in [-0.15, -0.1) is 0 Å². The van der Waals surface area contributed by atoms with Crippen molar-refractivity contribution in [3.63, 3.8) is 0 Å². The lowest BCUT2D eigenvalue weighted by Gasteiger charge is -2.33. The van der Waals surface area contributed by atoms with Gasteiger partial charge in [-0.05, 0) is 62.4 Å². The van der Waals surface area contributed by atoms with Crippen molar-refractivity contribution >= 4 is 23.2 Å². The number of rotatable bonds is 10. The predicted octanol–water partition coefficient (Wildman–Crippen LogP) is 2.68. The van der Waals surface area contributed by atoms with Crippen molar-refractivity contribution in [1.82, 2.24) is 9.80 Å². The van der Waals surface area contributed by atoms with Gasteiger partial charge in [0.2, 0.25) is 11.8 Å². The predicted molar refractivity (Wildman–Crippen MR) is 125 cm³/mol. The van der Waals surface area contributed by atoms with E-state index >= 15 is 0 Å². The molecule has 0 aliphatic carbocycles. The molecule has 0 radical (unpaired) electrons. The third-order valence-corrected chi connectivity index (χ3v) is 5.10. The highest BCUT2D eigenvalue weighted by molar-refractivity contribution is 5.93. The summed E-state index contributed by atoms with van der Waals surface area (Å²) in [6.45, 7) is 8.73. The smallest absolute Gasteiger partial charge is 0.238 e. The van der Waals surface area contributed by atoms with Crippen LogP contribution in [-0.4, -0.2) is 74.1 Å². The van der Waals surface area contributed by atoms with Gasteiger partial charge in [0, 0.05) is 37.6 Å². The second-order valence-electron chi connectivity index (χ2n) is 7.56. The van der Waals surface area contributed by atoms with Gasteiger partial charge in [-0.1, -0.05) is 0 Å². The molecule has 1 aliphatic rings. The molecule has 0 saturated carbocycles. The first kappa shape index (κ1) is 23.6. The van der Waals surface area contributed by atoms with Gasteiger partial charge in [0.25, 0.3) is 0 Å². The average Bonchev–Trinajstić information content (AvgIpc) is 2.78. The number of carbonyl (C=O) groups excluding carboxylic acids is 2. The van der Waals surface area contributed by atoms with Crippen LogP contribution in [-0.2, 0) is 9.59 Å². The van der Waals surface area contributed by atoms with Gasteiger partial charge >= 0.3 is 0 Å². The first-order valence-electron chi connectivity index (χ1n) is 11.1. The zero-order chi connectivity index (χ0) is 22.8. The third kappa shape index (κ3) is 7.55. The summed E-state index contributed by atoms with van der Waals surface area (Å²) in [5, 5.41) is 5.84. The van der Waals surface area contributed by atoms with Crippen LogP contribution in [0.2, 0.25) is 0 Å². The van der Waals surface area contributed by atoms with E-state index in [1.165, 1.54) is 0 Å². The molecule has 8 nitrogen and oxygen atoms in total. The molecule has 2 N–H and O–H groups in total. The summed E-state index contributed by atoms with van der Waals surface area (Å²) in [7, 11) is 0. The Hall–Kier alpha value is -3.10. The fourth-order valence-electron chi connectivity index (χ4n) is 3.52. The van der Waals surface area contributed by atoms with Crippen LogP contribution in [0, 0.1) is 0 Å². The number of piperazine rings is 1. The van der Waals surface area contributed by atoms with Crippen LogP contribution < -0.4 is 20.1 Å². The van der Waals surface area contributed by atoms with E-state index in [1.54, 1.807) is 0 Å². The number of anilines is 2. The fourth-order valence-corrected chi connectivity index (χ4v) is 3.52. The zero-order valence-corrected chi connectivity index (χ0v) is 18.8. The molecule has 1 fully saturated rings. The van der Waals surface area contributed by atoms with Crippen LogP contribution in [0.25, 0.3) is 0 Å². The molecule has 172 valence electrons. The van der Waals surface area contributed by atoms with E-state index in [4.69, 9.17) is 9.47 Å². The van der Waals surface area contributed by atoms with Crippen molar-refractivity contribution < 1.29 is 19.1 Å². The molecule has 3 rings (SSSR count). The SMILES string of the molecule is CCOc1ccc(NC(=O)CN2CCN(CC(=O)Nc3ccc(OCC)cc3)CC2)cc1. The summed E-state index contributed by atoms with van der Waals surface area (Å²) in [6.07, 6.45) is 0. The highest BCUT2D eigenvalue weighted by Gasteiger charge is 2.20. The van der Waals surface area contributed by atoms with E-state index in [0.29, 0.717) is 26.3 Å². The van der Waals surface area contributed by atoms with Gasteiger partial charge in [-0.3, -0.25) is 19.4 Å². The zero-order valence-electron chi connectivity index (χ0n) is 18.8. The van der Waals surface area contributed by atoms with E-state index in [2.05, 4.69) is 20.4 Å². The van der Waals surface area contributed by atoms with Crippen molar-refractivity contribution in [2.45, 2.75) is 13.8 Å². The number of nitrogens with one attached hydrogen (secondary N) is 2. The maximum Gasteiger partial charge on any atom is 0.238 e. The molecular weight excluding hydrogens is 408 g/mol. The third-order valence-electron chi connectivity index (χ3n) is 5.10. The van der Waals surface area contributed by atoms with Crippen molar-refractivity contribution in [1.29, 1.82) is 0 Å². The van der Waals surface area contributed by atoms with Crippen LogP contribution in [0.1, 0.15) is 13.8 Å². The van der Waals surface area contributed by atoms with Gasteiger partial charge in [0.15, 0.2) is 0 Å². The van der Waals surface area contributed by atoms with E-state index in [0.717, 1.165) is 49.1 Å². The number of hydrogen-bond donors (Lipinski definition) is 2. The summed E-state index contributed by atoms with van der Waals surface area (Å²) < 4.78 is 10.8. The molecule has 1 aliphatic heterocycles. The van der Waals surface area contributed by atoms with Crippen LogP contribution in [0.4, 0.5) is 11.4 Å². The summed E-state index contributed by atoms with van der Waals surface area (Å²) in [5.41, 5.74) is 1.51. The second-order valence-corrected chi connectivity index (χ2v) is 7.56. The number of carbonyl (C=O) groups is 2. The first-order chi connectivity index (χ1) is 15.6. The maximum atomic E-state index is 12.3. The minimum Gasteiger partial charge on any atom is -0.494 e. The van der Waals surface area contributed by atoms with Crippen LogP contribution in [0.15, 0.2) is 48.5 Å². The lowest BCUT2D eigenvalue weighted by atomic mass is 10.2. The highest BCUT2D eigenvalue weighted by atomic mass is 16.5. The molecule has 32 heavy (non-hydrogen) atoms. The Morgan fingerprint density at radius 2 is 1.03 bits per heavy atom. The van der Waals surface area contributed by atoms with Crippen molar-refractivity contribution in [3.8, 4) is 11.5 Å². The van der Waals surface area contributed by atoms with E-state index < -0.39 is 0 Å². The fraction of sp³-hybridized carbons (Fsp3) is 0.417. The Balaban J connectivity index is 1.36. The van der Waals surface area contributed by atoms with Crippen LogP contribution in [0.3, 0.4) is 0 Å². The minimum atomic E-state index is -0.0455. The van der Waals surface area contributed by atoms with Crippen molar-refractivity contribution in [3.05, 3.63) is 48.5 Å². The average molecular weight is 441 g/mol. The molecular formula is C24H32N4O4. The van der Waals surface area contributed by atoms with Gasteiger partial charge in [0.1, 0.15) is 11.5 Å². The molecule has 8 heteroatoms. The first-order valence-corrected chi connectivity index (χ1v) is 11.1. The van der Waals surface area contributed by atoms with Crippen molar-refractivity contribution in [2.24, 2.45) is 0 Å². The summed E-state index contributed by atoms with van der Waals surface area (Å²) in [5.74, 6) is 1.48. The molecule has 0 spiro atoms. The van der Waals surface area contributed by atoms with Gasteiger partial charge in [0.05, 0.1) is 26.3 Å². The van der Waals surface area contributed by atoms with E-state index in [9.17, 15) is 9.59 Å². The maximum absolute atomic E-state index is 12.3. The molecule has 2 aromatic carbocycles. The quantitative estimate of drug-likeness (QED) is 0.591. The van der Waals surface area contributed by atoms with Crippen molar-refractivity contribution in [2.75, 3.05) is 63.1 Å². The van der Waals surface area contributed by atoms with Gasteiger partial charge < -0.3 is 20.1 Å². The molecule has 1 saturated heterocycles. The topological polar surface area (TPSA) is 83.1 Å². The normalized spacial score (nSPS) is 14.6. The number of amides is 2. The highest BCUT2D eigenvalue weighted by Crippen LogP contribution is 2.17. The number of ether oxygens (including phenoxy) is 2. The summed E-state index contributed by atoms with van der Waals surface area (Å²) in [6, 6.07) is 14.7. The standard InChI is InChI=1S/C24H32N4O4/c1-3-31-21-9-5-19(6-10-21)25-23(29)17-27-13-15-28(16-14-27)18-24(30)26-20-7-11-22(12-8-20)32-4-2/h5-12H,3-4,13-18H2,1-2H3,(H,25,29)(H,26,30). The lowest BCUT2D eigenvalue weighted by molar-refractivity contribution is -0.120. The Morgan fingerprint density at radius 1 is 0.688 bits per heavy atom. The molecule has 0 bridgehead atoms. The molecule has 0 unspecified atom stereocenters. The molecule has 2 aromatic rings. The molecule has 1 heterocycles. The second kappa shape index (κ2) is 12.1. The Morgan fingerprint density at radius 3 is 1.34 bits per heavy atom. The summed E-state index contributed by atoms with van der Waals surface area (Å²) in [4.78, 5) is 28.9. The lowest BCUT2D eigenvalue weighted by Crippen LogP contribution is -2.50. The minimum absolute atomic E-state index is 0.0455. The van der Waals surface area contributed by atoms with Crippen LogP contribution >= 0.6 is 0 Å². The molecule has 0 atom stereocenters. The number of benzene rings is 2. The van der Waals surface area contributed by atoms with E-state index in [-0.39, 0.29) is 11.8 Å². The van der Waals surface area contributed by atoms with Crippen LogP contribution in [0.5, 0.6) is 11.5 Å². The molecule has 0 aromatic heterocycles. The summed E-state index contributed by atoms with van der Waals surface area (Å²) >= 11 is 0. The van der Waals surface area contributed by atoms with Gasteiger partial charge in [-0.25, -0.2) is 0 Å². The number of hydrogen-bond acceptors (Lipinski definition) is 6. The number of nitrogens with zero attached hydrogens (tertiary/aromatic N) is 2.